The first kappa shape index (κ1) is 15.7. The molecular formula is C15H20N2O3S. The van der Waals surface area contributed by atoms with Crippen LogP contribution in [0.25, 0.3) is 0 Å². The third-order valence-corrected chi connectivity index (χ3v) is 4.74. The van der Waals surface area contributed by atoms with Crippen LogP contribution in [0.5, 0.6) is 0 Å². The van der Waals surface area contributed by atoms with Crippen LogP contribution in [0.3, 0.4) is 0 Å². The van der Waals surface area contributed by atoms with Crippen molar-refractivity contribution in [2.75, 3.05) is 24.2 Å². The van der Waals surface area contributed by atoms with Crippen LogP contribution in [0.1, 0.15) is 29.8 Å². The van der Waals surface area contributed by atoms with Crippen molar-refractivity contribution in [2.24, 2.45) is 0 Å². The number of carbonyl (C=O) groups is 2. The molecule has 0 unspecified atom stereocenters. The van der Waals surface area contributed by atoms with Gasteiger partial charge in [-0.15, -0.1) is 0 Å². The van der Waals surface area contributed by atoms with Gasteiger partial charge >= 0.3 is 12.0 Å². The summed E-state index contributed by atoms with van der Waals surface area (Å²) in [4.78, 5) is 25.1. The molecule has 1 aromatic rings. The van der Waals surface area contributed by atoms with Crippen molar-refractivity contribution in [2.45, 2.75) is 25.5 Å². The molecule has 6 heteroatoms. The molecule has 2 N–H and O–H groups in total. The molecule has 0 atom stereocenters. The molecule has 1 heterocycles. The molecule has 1 aliphatic heterocycles. The van der Waals surface area contributed by atoms with Crippen molar-refractivity contribution in [1.82, 2.24) is 4.90 Å². The molecule has 0 spiro atoms. The topological polar surface area (TPSA) is 69.6 Å². The van der Waals surface area contributed by atoms with Crippen LogP contribution in [0.4, 0.5) is 10.5 Å². The number of aryl methyl sites for hydroxylation is 1. The molecule has 0 bridgehead atoms. The second-order valence-electron chi connectivity index (χ2n) is 5.79. The lowest BCUT2D eigenvalue weighted by molar-refractivity contribution is 0.0697. The van der Waals surface area contributed by atoms with Gasteiger partial charge in [-0.25, -0.2) is 9.59 Å². The third kappa shape index (κ3) is 3.91. The van der Waals surface area contributed by atoms with E-state index >= 15 is 0 Å². The maximum Gasteiger partial charge on any atom is 0.335 e. The van der Waals surface area contributed by atoms with Gasteiger partial charge < -0.3 is 15.3 Å². The molecule has 2 rings (SSSR count). The van der Waals surface area contributed by atoms with Crippen LogP contribution >= 0.6 is 11.8 Å². The number of thioether (sulfide) groups is 1. The highest BCUT2D eigenvalue weighted by atomic mass is 32.2. The monoisotopic (exact) mass is 308 g/mol. The summed E-state index contributed by atoms with van der Waals surface area (Å²) in [7, 11) is 0. The van der Waals surface area contributed by atoms with E-state index in [9.17, 15) is 9.59 Å². The normalized spacial score (nSPS) is 17.4. The van der Waals surface area contributed by atoms with Crippen molar-refractivity contribution in [3.63, 3.8) is 0 Å². The smallest absolute Gasteiger partial charge is 0.335 e. The molecule has 0 saturated carbocycles. The first-order valence-electron chi connectivity index (χ1n) is 6.82. The van der Waals surface area contributed by atoms with E-state index in [0.29, 0.717) is 18.8 Å². The molecular weight excluding hydrogens is 288 g/mol. The average molecular weight is 308 g/mol. The van der Waals surface area contributed by atoms with E-state index < -0.39 is 5.97 Å². The second-order valence-corrected chi connectivity index (χ2v) is 7.60. The molecule has 0 aromatic heterocycles. The highest BCUT2D eigenvalue weighted by Gasteiger charge is 2.29. The number of hydrogen-bond donors (Lipinski definition) is 2. The molecule has 1 fully saturated rings. The van der Waals surface area contributed by atoms with Crippen LogP contribution < -0.4 is 5.32 Å². The first-order valence-corrected chi connectivity index (χ1v) is 7.81. The second kappa shape index (κ2) is 5.97. The molecule has 1 saturated heterocycles. The molecule has 1 aromatic carbocycles. The van der Waals surface area contributed by atoms with Gasteiger partial charge in [0.05, 0.1) is 5.56 Å². The SMILES string of the molecule is Cc1ccc(C(=O)O)cc1NC(=O)N1CCSC(C)(C)C1. The molecule has 114 valence electrons. The fourth-order valence-electron chi connectivity index (χ4n) is 2.27. The van der Waals surface area contributed by atoms with Gasteiger partial charge in [-0.05, 0) is 38.5 Å². The van der Waals surface area contributed by atoms with Crippen LogP contribution in [0, 0.1) is 6.92 Å². The first-order chi connectivity index (χ1) is 9.78. The highest BCUT2D eigenvalue weighted by Crippen LogP contribution is 2.30. The Labute approximate surface area is 128 Å². The lowest BCUT2D eigenvalue weighted by Crippen LogP contribution is -2.47. The lowest BCUT2D eigenvalue weighted by atomic mass is 10.1. The fraction of sp³-hybridized carbons (Fsp3) is 0.467. The van der Waals surface area contributed by atoms with Crippen molar-refractivity contribution in [3.05, 3.63) is 29.3 Å². The zero-order valence-corrected chi connectivity index (χ0v) is 13.3. The van der Waals surface area contributed by atoms with Crippen molar-refractivity contribution >= 4 is 29.4 Å². The molecule has 5 nitrogen and oxygen atoms in total. The summed E-state index contributed by atoms with van der Waals surface area (Å²) in [6.07, 6.45) is 0. The summed E-state index contributed by atoms with van der Waals surface area (Å²) in [5.41, 5.74) is 1.57. The van der Waals surface area contributed by atoms with Gasteiger partial charge in [0.15, 0.2) is 0 Å². The van der Waals surface area contributed by atoms with Gasteiger partial charge in [-0.2, -0.15) is 11.8 Å². The summed E-state index contributed by atoms with van der Waals surface area (Å²) in [6.45, 7) is 7.47. The predicted octanol–water partition coefficient (Wildman–Crippen LogP) is 3.05. The standard InChI is InChI=1S/C15H20N2O3S/c1-10-4-5-11(13(18)19)8-12(10)16-14(20)17-6-7-21-15(2,3)9-17/h4-5,8H,6-7,9H2,1-3H3,(H,16,20)(H,18,19). The number of carboxylic acid groups (broad SMARTS) is 1. The van der Waals surface area contributed by atoms with E-state index in [0.717, 1.165) is 11.3 Å². The van der Waals surface area contributed by atoms with Crippen molar-refractivity contribution in [3.8, 4) is 0 Å². The van der Waals surface area contributed by atoms with Crippen LogP contribution in [-0.4, -0.2) is 45.6 Å². The zero-order valence-electron chi connectivity index (χ0n) is 12.5. The van der Waals surface area contributed by atoms with E-state index in [1.54, 1.807) is 11.0 Å². The summed E-state index contributed by atoms with van der Waals surface area (Å²) >= 11 is 1.86. The largest absolute Gasteiger partial charge is 0.478 e. The summed E-state index contributed by atoms with van der Waals surface area (Å²) in [5, 5.41) is 11.9. The number of nitrogens with one attached hydrogen (secondary N) is 1. The minimum atomic E-state index is -0.999. The van der Waals surface area contributed by atoms with Crippen molar-refractivity contribution < 1.29 is 14.7 Å². The predicted molar refractivity (Wildman–Crippen MR) is 85.3 cm³/mol. The number of anilines is 1. The van der Waals surface area contributed by atoms with Gasteiger partial charge in [-0.1, -0.05) is 6.07 Å². The number of urea groups is 1. The number of nitrogens with zero attached hydrogens (tertiary/aromatic N) is 1. The maximum absolute atomic E-state index is 12.3. The van der Waals surface area contributed by atoms with E-state index in [-0.39, 0.29) is 16.3 Å². The van der Waals surface area contributed by atoms with Gasteiger partial charge in [0.1, 0.15) is 0 Å². The number of aromatic carboxylic acids is 1. The Bertz CT molecular complexity index is 572. The third-order valence-electron chi connectivity index (χ3n) is 3.44. The van der Waals surface area contributed by atoms with Gasteiger partial charge in [0.25, 0.3) is 0 Å². The summed E-state index contributed by atoms with van der Waals surface area (Å²) in [5.74, 6) is -0.0878. The summed E-state index contributed by atoms with van der Waals surface area (Å²) in [6, 6.07) is 4.57. The fourth-order valence-corrected chi connectivity index (χ4v) is 3.39. The van der Waals surface area contributed by atoms with E-state index in [4.69, 9.17) is 5.11 Å². The number of benzene rings is 1. The average Bonchev–Trinajstić information content (AvgIpc) is 2.39. The Kier molecular flexibility index (Phi) is 4.46. The van der Waals surface area contributed by atoms with Gasteiger partial charge in [0.2, 0.25) is 0 Å². The Morgan fingerprint density at radius 3 is 2.71 bits per heavy atom. The quantitative estimate of drug-likeness (QED) is 0.881. The lowest BCUT2D eigenvalue weighted by Gasteiger charge is -2.37. The number of carbonyl (C=O) groups excluding carboxylic acids is 1. The van der Waals surface area contributed by atoms with Gasteiger partial charge in [-0.3, -0.25) is 0 Å². The Morgan fingerprint density at radius 1 is 1.38 bits per heavy atom. The zero-order chi connectivity index (χ0) is 15.6. The number of hydrogen-bond acceptors (Lipinski definition) is 3. The maximum atomic E-state index is 12.3. The number of amides is 2. The van der Waals surface area contributed by atoms with E-state index in [2.05, 4.69) is 19.2 Å². The molecule has 2 amide bonds. The van der Waals surface area contributed by atoms with Crippen LogP contribution in [0.2, 0.25) is 0 Å². The minimum absolute atomic E-state index is 0.0492. The Morgan fingerprint density at radius 2 is 2.10 bits per heavy atom. The van der Waals surface area contributed by atoms with Crippen LogP contribution in [-0.2, 0) is 0 Å². The Balaban J connectivity index is 2.12. The molecule has 0 radical (unpaired) electrons. The van der Waals surface area contributed by atoms with Gasteiger partial charge in [0, 0.05) is 29.3 Å². The molecule has 21 heavy (non-hydrogen) atoms. The van der Waals surface area contributed by atoms with E-state index in [1.807, 2.05) is 18.7 Å². The Hall–Kier alpha value is -1.69. The summed E-state index contributed by atoms with van der Waals surface area (Å²) < 4.78 is 0.0492. The minimum Gasteiger partial charge on any atom is -0.478 e. The van der Waals surface area contributed by atoms with Crippen LogP contribution in [0.15, 0.2) is 18.2 Å². The highest BCUT2D eigenvalue weighted by molar-refractivity contribution is 8.00. The van der Waals surface area contributed by atoms with Crippen molar-refractivity contribution in [1.29, 1.82) is 0 Å². The molecule has 0 aliphatic carbocycles. The number of carboxylic acids is 1. The van der Waals surface area contributed by atoms with E-state index in [1.165, 1.54) is 12.1 Å². The molecule has 1 aliphatic rings. The number of rotatable bonds is 2.